The number of hydrogen-bond acceptors (Lipinski definition) is 5. The van der Waals surface area contributed by atoms with Crippen LogP contribution < -0.4 is 5.73 Å². The minimum absolute atomic E-state index is 0.208. The molecule has 1 saturated heterocycles. The van der Waals surface area contributed by atoms with Gasteiger partial charge in [0.2, 0.25) is 0 Å². The fraction of sp³-hybridized carbons (Fsp3) is 0.727. The fourth-order valence-electron chi connectivity index (χ4n) is 1.97. The predicted octanol–water partition coefficient (Wildman–Crippen LogP) is 1.77. The number of hydrogen-bond donors (Lipinski definition) is 1. The Morgan fingerprint density at radius 3 is 3.00 bits per heavy atom. The number of methoxy groups -OCH3 is 1. The number of aromatic nitrogens is 1. The molecule has 2 heterocycles. The van der Waals surface area contributed by atoms with Gasteiger partial charge in [0.05, 0.1) is 12.3 Å². The normalized spacial score (nSPS) is 25.2. The van der Waals surface area contributed by atoms with Gasteiger partial charge >= 0.3 is 0 Å². The molecule has 0 saturated carbocycles. The lowest BCUT2D eigenvalue weighted by atomic mass is 10.0. The van der Waals surface area contributed by atoms with Crippen LogP contribution in [0.4, 0.5) is 0 Å². The molecule has 1 atom stereocenters. The summed E-state index contributed by atoms with van der Waals surface area (Å²) in [6.45, 7) is 3.98. The van der Waals surface area contributed by atoms with Crippen LogP contribution in [0.1, 0.15) is 35.3 Å². The van der Waals surface area contributed by atoms with E-state index < -0.39 is 0 Å². The van der Waals surface area contributed by atoms with Crippen LogP contribution in [-0.4, -0.2) is 18.7 Å². The van der Waals surface area contributed by atoms with Crippen molar-refractivity contribution in [1.82, 2.24) is 4.98 Å². The Hall–Kier alpha value is -0.490. The molecule has 1 fully saturated rings. The molecule has 1 aliphatic heterocycles. The van der Waals surface area contributed by atoms with E-state index in [-0.39, 0.29) is 5.60 Å². The predicted molar refractivity (Wildman–Crippen MR) is 63.3 cm³/mol. The molecule has 0 bridgehead atoms. The van der Waals surface area contributed by atoms with Crippen molar-refractivity contribution in [3.05, 3.63) is 15.6 Å². The summed E-state index contributed by atoms with van der Waals surface area (Å²) in [6, 6.07) is 0. The third-order valence-corrected chi connectivity index (χ3v) is 4.28. The highest BCUT2D eigenvalue weighted by Gasteiger charge is 2.35. The molecule has 16 heavy (non-hydrogen) atoms. The first kappa shape index (κ1) is 12.0. The van der Waals surface area contributed by atoms with Crippen LogP contribution in [-0.2, 0) is 28.2 Å². The van der Waals surface area contributed by atoms with Gasteiger partial charge in [-0.3, -0.25) is 0 Å². The first-order valence-corrected chi connectivity index (χ1v) is 6.33. The zero-order valence-corrected chi connectivity index (χ0v) is 10.6. The van der Waals surface area contributed by atoms with Gasteiger partial charge in [0.15, 0.2) is 0 Å². The quantitative estimate of drug-likeness (QED) is 0.874. The van der Waals surface area contributed by atoms with Crippen LogP contribution in [0.5, 0.6) is 0 Å². The molecular weight excluding hydrogens is 224 g/mol. The van der Waals surface area contributed by atoms with E-state index in [1.807, 2.05) is 0 Å². The zero-order valence-electron chi connectivity index (χ0n) is 9.78. The Morgan fingerprint density at radius 1 is 1.62 bits per heavy atom. The SMILES string of the molecule is COCc1nc(C2(C)CCCO2)sc1CN. The minimum atomic E-state index is -0.208. The minimum Gasteiger partial charge on any atom is -0.378 e. The van der Waals surface area contributed by atoms with E-state index in [4.69, 9.17) is 15.2 Å². The Balaban J connectivity index is 2.27. The van der Waals surface area contributed by atoms with E-state index in [1.165, 1.54) is 0 Å². The molecule has 5 heteroatoms. The number of thiazole rings is 1. The van der Waals surface area contributed by atoms with Gasteiger partial charge < -0.3 is 15.2 Å². The summed E-state index contributed by atoms with van der Waals surface area (Å²) in [4.78, 5) is 5.72. The maximum absolute atomic E-state index is 5.78. The largest absolute Gasteiger partial charge is 0.378 e. The van der Waals surface area contributed by atoms with Gasteiger partial charge in [-0.15, -0.1) is 11.3 Å². The topological polar surface area (TPSA) is 57.4 Å². The van der Waals surface area contributed by atoms with Gasteiger partial charge in [-0.1, -0.05) is 0 Å². The van der Waals surface area contributed by atoms with E-state index in [0.29, 0.717) is 13.2 Å². The van der Waals surface area contributed by atoms with Gasteiger partial charge in [0.1, 0.15) is 10.6 Å². The van der Waals surface area contributed by atoms with Crippen molar-refractivity contribution in [2.75, 3.05) is 13.7 Å². The zero-order chi connectivity index (χ0) is 11.6. The van der Waals surface area contributed by atoms with E-state index in [0.717, 1.165) is 35.0 Å². The second kappa shape index (κ2) is 4.79. The van der Waals surface area contributed by atoms with Crippen molar-refractivity contribution in [3.63, 3.8) is 0 Å². The summed E-state index contributed by atoms with van der Waals surface area (Å²) in [7, 11) is 1.67. The lowest BCUT2D eigenvalue weighted by Gasteiger charge is -2.19. The van der Waals surface area contributed by atoms with Gasteiger partial charge in [0, 0.05) is 25.1 Å². The molecular formula is C11H18N2O2S. The standard InChI is InChI=1S/C11H18N2O2S/c1-11(4-3-5-15-11)10-13-8(7-14-2)9(6-12)16-10/h3-7,12H2,1-2H3. The van der Waals surface area contributed by atoms with Crippen molar-refractivity contribution in [2.45, 2.75) is 38.5 Å². The molecule has 4 nitrogen and oxygen atoms in total. The van der Waals surface area contributed by atoms with Gasteiger partial charge in [0.25, 0.3) is 0 Å². The Morgan fingerprint density at radius 2 is 2.44 bits per heavy atom. The molecule has 2 rings (SSSR count). The maximum Gasteiger partial charge on any atom is 0.125 e. The average Bonchev–Trinajstić information content (AvgIpc) is 2.86. The fourth-order valence-corrected chi connectivity index (χ4v) is 3.04. The second-order valence-electron chi connectivity index (χ2n) is 4.21. The summed E-state index contributed by atoms with van der Waals surface area (Å²) in [5.74, 6) is 0. The third-order valence-electron chi connectivity index (χ3n) is 2.92. The summed E-state index contributed by atoms with van der Waals surface area (Å²) >= 11 is 1.65. The van der Waals surface area contributed by atoms with Crippen LogP contribution in [0.2, 0.25) is 0 Å². The summed E-state index contributed by atoms with van der Waals surface area (Å²) in [5, 5.41) is 1.04. The molecule has 1 aromatic heterocycles. The Kier molecular flexibility index (Phi) is 3.59. The molecule has 0 spiro atoms. The van der Waals surface area contributed by atoms with Crippen molar-refractivity contribution in [2.24, 2.45) is 5.73 Å². The smallest absolute Gasteiger partial charge is 0.125 e. The monoisotopic (exact) mass is 242 g/mol. The molecule has 90 valence electrons. The van der Waals surface area contributed by atoms with E-state index in [2.05, 4.69) is 11.9 Å². The van der Waals surface area contributed by atoms with E-state index in [1.54, 1.807) is 18.4 Å². The summed E-state index contributed by atoms with van der Waals surface area (Å²) in [5.41, 5.74) is 6.46. The molecule has 1 aliphatic rings. The number of rotatable bonds is 4. The highest BCUT2D eigenvalue weighted by molar-refractivity contribution is 7.11. The van der Waals surface area contributed by atoms with Crippen molar-refractivity contribution >= 4 is 11.3 Å². The first-order chi connectivity index (χ1) is 7.69. The molecule has 2 N–H and O–H groups in total. The van der Waals surface area contributed by atoms with E-state index in [9.17, 15) is 0 Å². The second-order valence-corrected chi connectivity index (χ2v) is 5.29. The van der Waals surface area contributed by atoms with Crippen molar-refractivity contribution in [3.8, 4) is 0 Å². The van der Waals surface area contributed by atoms with E-state index >= 15 is 0 Å². The van der Waals surface area contributed by atoms with Gasteiger partial charge in [-0.2, -0.15) is 0 Å². The summed E-state index contributed by atoms with van der Waals surface area (Å²) in [6.07, 6.45) is 2.14. The molecule has 0 radical (unpaired) electrons. The lowest BCUT2D eigenvalue weighted by molar-refractivity contribution is 0.0163. The van der Waals surface area contributed by atoms with Crippen molar-refractivity contribution < 1.29 is 9.47 Å². The number of ether oxygens (including phenoxy) is 2. The number of nitrogens with two attached hydrogens (primary N) is 1. The Bertz CT molecular complexity index is 359. The van der Waals surface area contributed by atoms with Crippen LogP contribution in [0.25, 0.3) is 0 Å². The lowest BCUT2D eigenvalue weighted by Crippen LogP contribution is -2.19. The molecule has 0 aromatic carbocycles. The van der Waals surface area contributed by atoms with Gasteiger partial charge in [-0.05, 0) is 19.8 Å². The maximum atomic E-state index is 5.78. The summed E-state index contributed by atoms with van der Waals surface area (Å²) < 4.78 is 10.9. The number of nitrogens with zero attached hydrogens (tertiary/aromatic N) is 1. The van der Waals surface area contributed by atoms with Gasteiger partial charge in [-0.25, -0.2) is 4.98 Å². The van der Waals surface area contributed by atoms with Crippen LogP contribution in [0.3, 0.4) is 0 Å². The molecule has 1 unspecified atom stereocenters. The van der Waals surface area contributed by atoms with Crippen LogP contribution in [0.15, 0.2) is 0 Å². The Labute approximate surface area is 99.8 Å². The molecule has 0 aliphatic carbocycles. The molecule has 0 amide bonds. The average molecular weight is 242 g/mol. The van der Waals surface area contributed by atoms with Crippen molar-refractivity contribution in [1.29, 1.82) is 0 Å². The highest BCUT2D eigenvalue weighted by atomic mass is 32.1. The van der Waals surface area contributed by atoms with Crippen LogP contribution in [0, 0.1) is 0 Å². The highest BCUT2D eigenvalue weighted by Crippen LogP contribution is 2.38. The first-order valence-electron chi connectivity index (χ1n) is 5.51. The van der Waals surface area contributed by atoms with Crippen LogP contribution >= 0.6 is 11.3 Å². The molecule has 1 aromatic rings. The third kappa shape index (κ3) is 2.13.